The number of hydrogen-bond donors (Lipinski definition) is 1. The molecule has 1 saturated heterocycles. The molecule has 0 atom stereocenters. The standard InChI is InChI=1S/C29H27FN2O4/c1-4-6-23-14-22(16-26(35-3)27(23)36-18-20-9-11-24(30)12-10-20)15-25-28(33)32(29(34)31-25)17-21-8-5-7-19(2)13-21/h4-5,7-16H,1,6,17-18H2,2-3H3,(H,31,34)/b25-15+. The fourth-order valence-corrected chi connectivity index (χ4v) is 4.00. The molecule has 1 N–H and O–H groups in total. The molecule has 1 heterocycles. The first-order valence-electron chi connectivity index (χ1n) is 11.5. The molecule has 3 aromatic rings. The Morgan fingerprint density at radius 1 is 1.06 bits per heavy atom. The number of hydrogen-bond acceptors (Lipinski definition) is 4. The third kappa shape index (κ3) is 5.63. The Bertz CT molecular complexity index is 1330. The van der Waals surface area contributed by atoms with Crippen molar-refractivity contribution < 1.29 is 23.5 Å². The summed E-state index contributed by atoms with van der Waals surface area (Å²) in [5.74, 6) is 0.290. The second-order valence-corrected chi connectivity index (χ2v) is 8.49. The number of rotatable bonds is 9. The van der Waals surface area contributed by atoms with E-state index in [1.165, 1.54) is 24.1 Å². The van der Waals surface area contributed by atoms with Crippen molar-refractivity contribution in [3.05, 3.63) is 113 Å². The zero-order chi connectivity index (χ0) is 25.7. The van der Waals surface area contributed by atoms with Gasteiger partial charge in [-0.1, -0.05) is 48.0 Å². The molecular weight excluding hydrogens is 459 g/mol. The molecule has 0 spiro atoms. The van der Waals surface area contributed by atoms with Gasteiger partial charge in [-0.05, 0) is 60.4 Å². The predicted molar refractivity (Wildman–Crippen MR) is 136 cm³/mol. The number of benzene rings is 3. The predicted octanol–water partition coefficient (Wildman–Crippen LogP) is 5.54. The van der Waals surface area contributed by atoms with Gasteiger partial charge < -0.3 is 14.8 Å². The molecule has 0 radical (unpaired) electrons. The van der Waals surface area contributed by atoms with Crippen LogP contribution in [0.1, 0.15) is 27.8 Å². The first-order chi connectivity index (χ1) is 17.4. The smallest absolute Gasteiger partial charge is 0.329 e. The highest BCUT2D eigenvalue weighted by atomic mass is 19.1. The monoisotopic (exact) mass is 486 g/mol. The maximum atomic E-state index is 13.2. The molecule has 3 aromatic carbocycles. The number of ether oxygens (including phenoxy) is 2. The van der Waals surface area contributed by atoms with Crippen molar-refractivity contribution in [3.8, 4) is 11.5 Å². The van der Waals surface area contributed by atoms with E-state index < -0.39 is 11.9 Å². The van der Waals surface area contributed by atoms with Gasteiger partial charge in [0.2, 0.25) is 0 Å². The van der Waals surface area contributed by atoms with Crippen LogP contribution in [-0.4, -0.2) is 23.9 Å². The number of methoxy groups -OCH3 is 1. The van der Waals surface area contributed by atoms with Crippen molar-refractivity contribution in [1.29, 1.82) is 0 Å². The van der Waals surface area contributed by atoms with Gasteiger partial charge in [0, 0.05) is 5.56 Å². The number of aryl methyl sites for hydroxylation is 1. The zero-order valence-electron chi connectivity index (χ0n) is 20.2. The molecule has 0 saturated carbocycles. The van der Waals surface area contributed by atoms with Gasteiger partial charge in [-0.3, -0.25) is 9.69 Å². The Hall–Kier alpha value is -4.39. The Kier molecular flexibility index (Phi) is 7.49. The van der Waals surface area contributed by atoms with Gasteiger partial charge in [0.15, 0.2) is 11.5 Å². The Morgan fingerprint density at radius 3 is 2.53 bits per heavy atom. The van der Waals surface area contributed by atoms with Gasteiger partial charge in [-0.25, -0.2) is 9.18 Å². The molecule has 1 fully saturated rings. The quantitative estimate of drug-likeness (QED) is 0.245. The molecule has 184 valence electrons. The van der Waals surface area contributed by atoms with Gasteiger partial charge in [0.25, 0.3) is 5.91 Å². The number of halogens is 1. The van der Waals surface area contributed by atoms with E-state index in [1.807, 2.05) is 37.3 Å². The van der Waals surface area contributed by atoms with Crippen LogP contribution >= 0.6 is 0 Å². The maximum Gasteiger partial charge on any atom is 0.329 e. The SMILES string of the molecule is C=CCc1cc(/C=C2/NC(=O)N(Cc3cccc(C)c3)C2=O)cc(OC)c1OCc1ccc(F)cc1. The lowest BCUT2D eigenvalue weighted by Gasteiger charge is -2.16. The van der Waals surface area contributed by atoms with Crippen LogP contribution in [0.4, 0.5) is 9.18 Å². The molecular formula is C29H27FN2O4. The summed E-state index contributed by atoms with van der Waals surface area (Å²) in [6.07, 6.45) is 3.85. The van der Waals surface area contributed by atoms with Crippen LogP contribution in [0.15, 0.2) is 79.0 Å². The molecule has 1 aliphatic rings. The Morgan fingerprint density at radius 2 is 1.83 bits per heavy atom. The van der Waals surface area contributed by atoms with Crippen molar-refractivity contribution in [3.63, 3.8) is 0 Å². The minimum Gasteiger partial charge on any atom is -0.493 e. The van der Waals surface area contributed by atoms with E-state index in [1.54, 1.807) is 30.4 Å². The van der Waals surface area contributed by atoms with E-state index >= 15 is 0 Å². The molecule has 3 amide bonds. The van der Waals surface area contributed by atoms with Gasteiger partial charge in [0.05, 0.1) is 13.7 Å². The first-order valence-corrected chi connectivity index (χ1v) is 11.5. The average molecular weight is 487 g/mol. The number of urea groups is 1. The van der Waals surface area contributed by atoms with E-state index in [0.717, 1.165) is 22.3 Å². The summed E-state index contributed by atoms with van der Waals surface area (Å²) in [6, 6.07) is 16.9. The number of nitrogens with one attached hydrogen (secondary N) is 1. The summed E-state index contributed by atoms with van der Waals surface area (Å²) in [6.45, 7) is 6.19. The average Bonchev–Trinajstić information content (AvgIpc) is 3.11. The molecule has 6 nitrogen and oxygen atoms in total. The van der Waals surface area contributed by atoms with Crippen LogP contribution in [0.5, 0.6) is 11.5 Å². The Balaban J connectivity index is 1.59. The number of allylic oxidation sites excluding steroid dienone is 1. The number of imide groups is 1. The summed E-state index contributed by atoms with van der Waals surface area (Å²) < 4.78 is 24.8. The molecule has 0 unspecified atom stereocenters. The van der Waals surface area contributed by atoms with Gasteiger partial charge in [-0.15, -0.1) is 6.58 Å². The molecule has 7 heteroatoms. The maximum absolute atomic E-state index is 13.2. The van der Waals surface area contributed by atoms with Crippen LogP contribution < -0.4 is 14.8 Å². The van der Waals surface area contributed by atoms with Crippen LogP contribution in [-0.2, 0) is 24.4 Å². The molecule has 0 bridgehead atoms. The first kappa shape index (κ1) is 24.7. The minimum absolute atomic E-state index is 0.180. The number of nitrogens with zero attached hydrogens (tertiary/aromatic N) is 1. The number of amides is 3. The molecule has 1 aliphatic heterocycles. The van der Waals surface area contributed by atoms with Gasteiger partial charge in [0.1, 0.15) is 18.1 Å². The van der Waals surface area contributed by atoms with E-state index in [0.29, 0.717) is 23.5 Å². The lowest BCUT2D eigenvalue weighted by molar-refractivity contribution is -0.123. The fourth-order valence-electron chi connectivity index (χ4n) is 4.00. The van der Waals surface area contributed by atoms with Gasteiger partial charge >= 0.3 is 6.03 Å². The summed E-state index contributed by atoms with van der Waals surface area (Å²) in [4.78, 5) is 26.7. The third-order valence-corrected chi connectivity index (χ3v) is 5.73. The molecule has 0 aromatic heterocycles. The number of carbonyl (C=O) groups excluding carboxylic acids is 2. The zero-order valence-corrected chi connectivity index (χ0v) is 20.2. The van der Waals surface area contributed by atoms with Crippen LogP contribution in [0, 0.1) is 12.7 Å². The second kappa shape index (κ2) is 10.9. The largest absolute Gasteiger partial charge is 0.493 e. The van der Waals surface area contributed by atoms with Gasteiger partial charge in [-0.2, -0.15) is 0 Å². The highest BCUT2D eigenvalue weighted by molar-refractivity contribution is 6.13. The van der Waals surface area contributed by atoms with Crippen molar-refractivity contribution in [2.45, 2.75) is 26.5 Å². The van der Waals surface area contributed by atoms with Crippen molar-refractivity contribution >= 4 is 18.0 Å². The highest BCUT2D eigenvalue weighted by Crippen LogP contribution is 2.35. The van der Waals surface area contributed by atoms with Crippen molar-refractivity contribution in [2.75, 3.05) is 7.11 Å². The van der Waals surface area contributed by atoms with E-state index in [4.69, 9.17) is 9.47 Å². The van der Waals surface area contributed by atoms with E-state index in [2.05, 4.69) is 11.9 Å². The Labute approximate surface area is 209 Å². The lowest BCUT2D eigenvalue weighted by Crippen LogP contribution is -2.30. The molecule has 0 aliphatic carbocycles. The normalized spacial score (nSPS) is 14.2. The third-order valence-electron chi connectivity index (χ3n) is 5.73. The fraction of sp³-hybridized carbons (Fsp3) is 0.172. The summed E-state index contributed by atoms with van der Waals surface area (Å²) in [5.41, 5.74) is 4.38. The number of carbonyl (C=O) groups is 2. The van der Waals surface area contributed by atoms with Crippen LogP contribution in [0.3, 0.4) is 0 Å². The summed E-state index contributed by atoms with van der Waals surface area (Å²) >= 11 is 0. The lowest BCUT2D eigenvalue weighted by atomic mass is 10.0. The second-order valence-electron chi connectivity index (χ2n) is 8.49. The minimum atomic E-state index is -0.467. The molecule has 36 heavy (non-hydrogen) atoms. The van der Waals surface area contributed by atoms with E-state index in [9.17, 15) is 14.0 Å². The van der Waals surface area contributed by atoms with Crippen LogP contribution in [0.25, 0.3) is 6.08 Å². The van der Waals surface area contributed by atoms with Crippen molar-refractivity contribution in [1.82, 2.24) is 10.2 Å². The van der Waals surface area contributed by atoms with Crippen LogP contribution in [0.2, 0.25) is 0 Å². The van der Waals surface area contributed by atoms with Crippen molar-refractivity contribution in [2.24, 2.45) is 0 Å². The van der Waals surface area contributed by atoms with E-state index in [-0.39, 0.29) is 24.7 Å². The summed E-state index contributed by atoms with van der Waals surface area (Å²) in [7, 11) is 1.53. The topological polar surface area (TPSA) is 67.9 Å². The summed E-state index contributed by atoms with van der Waals surface area (Å²) in [5, 5.41) is 2.67. The molecule has 4 rings (SSSR count). The highest BCUT2D eigenvalue weighted by Gasteiger charge is 2.33.